The first-order valence-corrected chi connectivity index (χ1v) is 14.8. The number of nitrogens with zero attached hydrogens (tertiary/aromatic N) is 2. The van der Waals surface area contributed by atoms with Crippen molar-refractivity contribution < 1.29 is 19.2 Å². The van der Waals surface area contributed by atoms with E-state index in [0.717, 1.165) is 31.1 Å². The minimum absolute atomic E-state index is 0.255. The molecule has 0 spiro atoms. The molecule has 10 heteroatoms. The molecule has 1 aliphatic rings. The maximum Gasteiger partial charge on any atom is 0.251 e. The molecule has 3 heterocycles. The van der Waals surface area contributed by atoms with Crippen LogP contribution < -0.4 is 11.1 Å². The van der Waals surface area contributed by atoms with Crippen molar-refractivity contribution in [2.75, 3.05) is 37.4 Å². The molecule has 0 aliphatic carbocycles. The van der Waals surface area contributed by atoms with Crippen LogP contribution in [0.3, 0.4) is 0 Å². The van der Waals surface area contributed by atoms with Gasteiger partial charge < -0.3 is 16.2 Å². The summed E-state index contributed by atoms with van der Waals surface area (Å²) in [5, 5.41) is 13.8. The van der Waals surface area contributed by atoms with Crippen LogP contribution in [0.2, 0.25) is 0 Å². The molecule has 7 nitrogen and oxygen atoms in total. The number of pyridine rings is 1. The van der Waals surface area contributed by atoms with Gasteiger partial charge in [0.15, 0.2) is 0 Å². The number of hydrogen-bond acceptors (Lipinski definition) is 7. The molecule has 0 atom stereocenters. The van der Waals surface area contributed by atoms with Crippen LogP contribution in [0.15, 0.2) is 42.5 Å². The molecule has 1 aromatic carbocycles. The van der Waals surface area contributed by atoms with E-state index in [1.165, 1.54) is 17.4 Å². The largest absolute Gasteiger partial charge is 0.386 e. The SMILES string of the molecule is CC(C)(O)c1ccc(-c2cc(C(N)=O)c(Nc3cccc(CN4CC[P+](C)(O)CC4)n3)s2)c(F)c1. The molecule has 186 valence electrons. The maximum atomic E-state index is 14.9. The molecule has 4 rings (SSSR count). The van der Waals surface area contributed by atoms with E-state index in [1.807, 2.05) is 18.8 Å². The second kappa shape index (κ2) is 9.91. The van der Waals surface area contributed by atoms with Crippen molar-refractivity contribution in [3.8, 4) is 10.4 Å². The Bertz CT molecular complexity index is 1230. The second-order valence-electron chi connectivity index (χ2n) is 9.67. The van der Waals surface area contributed by atoms with E-state index >= 15 is 0 Å². The fourth-order valence-electron chi connectivity index (χ4n) is 3.97. The van der Waals surface area contributed by atoms with Crippen LogP contribution in [0, 0.1) is 5.82 Å². The number of anilines is 2. The molecule has 35 heavy (non-hydrogen) atoms. The van der Waals surface area contributed by atoms with Crippen LogP contribution in [0.25, 0.3) is 10.4 Å². The normalized spacial score (nSPS) is 16.3. The third kappa shape index (κ3) is 6.23. The molecule has 0 unspecified atom stereocenters. The first-order chi connectivity index (χ1) is 16.4. The van der Waals surface area contributed by atoms with Gasteiger partial charge in [-0.1, -0.05) is 18.2 Å². The summed E-state index contributed by atoms with van der Waals surface area (Å²) in [4.78, 5) is 29.9. The smallest absolute Gasteiger partial charge is 0.251 e. The maximum absolute atomic E-state index is 14.9. The number of nitrogens with two attached hydrogens (primary N) is 1. The third-order valence-corrected chi connectivity index (χ3v) is 9.58. The summed E-state index contributed by atoms with van der Waals surface area (Å²) in [6.45, 7) is 7.53. The lowest BCUT2D eigenvalue weighted by atomic mass is 9.96. The number of amides is 1. The summed E-state index contributed by atoms with van der Waals surface area (Å²) < 4.78 is 14.9. The van der Waals surface area contributed by atoms with Gasteiger partial charge in [0.05, 0.1) is 35.8 Å². The Hall–Kier alpha value is -2.42. The van der Waals surface area contributed by atoms with Gasteiger partial charge in [0.25, 0.3) is 5.91 Å². The van der Waals surface area contributed by atoms with Gasteiger partial charge in [0.1, 0.15) is 24.1 Å². The van der Waals surface area contributed by atoms with Crippen molar-refractivity contribution >= 4 is 35.6 Å². The lowest BCUT2D eigenvalue weighted by Gasteiger charge is -2.30. The summed E-state index contributed by atoms with van der Waals surface area (Å²) in [5.74, 6) is -0.548. The van der Waals surface area contributed by atoms with E-state index in [1.54, 1.807) is 38.1 Å². The molecular weight excluding hydrogens is 486 g/mol. The Morgan fingerprint density at radius 1 is 1.26 bits per heavy atom. The van der Waals surface area contributed by atoms with Crippen molar-refractivity contribution in [2.24, 2.45) is 5.73 Å². The summed E-state index contributed by atoms with van der Waals surface area (Å²) in [6.07, 6.45) is 1.66. The first-order valence-electron chi connectivity index (χ1n) is 11.4. The van der Waals surface area contributed by atoms with E-state index in [4.69, 9.17) is 5.73 Å². The predicted octanol–water partition coefficient (Wildman–Crippen LogP) is 4.39. The predicted molar refractivity (Wildman–Crippen MR) is 141 cm³/mol. The highest BCUT2D eigenvalue weighted by Gasteiger charge is 2.34. The van der Waals surface area contributed by atoms with Crippen LogP contribution in [-0.4, -0.2) is 57.9 Å². The van der Waals surface area contributed by atoms with Gasteiger partial charge in [-0.2, -0.15) is 0 Å². The van der Waals surface area contributed by atoms with Crippen LogP contribution >= 0.6 is 18.8 Å². The monoisotopic (exact) mass is 517 g/mol. The van der Waals surface area contributed by atoms with Crippen LogP contribution in [0.4, 0.5) is 15.2 Å². The Kier molecular flexibility index (Phi) is 7.27. The summed E-state index contributed by atoms with van der Waals surface area (Å²) >= 11 is 1.22. The number of benzene rings is 1. The molecule has 1 saturated heterocycles. The lowest BCUT2D eigenvalue weighted by Crippen LogP contribution is -2.36. The standard InChI is InChI=1S/C25H30FN4O3PS/c1-25(2,32)16-7-8-18(20(26)13-16)21-14-19(23(27)31)24(35-21)29-22-6-4-5-17(28-22)15-30-9-11-34(3,33)12-10-30/h4-8,13-14,32-33H,9-12,15H2,1-3H3,(H2-,27,28,29,31)/p+1. The Morgan fingerprint density at radius 2 is 1.97 bits per heavy atom. The van der Waals surface area contributed by atoms with E-state index < -0.39 is 24.8 Å². The fourth-order valence-corrected chi connectivity index (χ4v) is 6.72. The third-order valence-electron chi connectivity index (χ3n) is 6.17. The van der Waals surface area contributed by atoms with E-state index in [2.05, 4.69) is 15.2 Å². The average molecular weight is 518 g/mol. The summed E-state index contributed by atoms with van der Waals surface area (Å²) in [5.41, 5.74) is 6.36. The molecule has 1 aliphatic heterocycles. The van der Waals surface area contributed by atoms with Gasteiger partial charge in [0, 0.05) is 30.1 Å². The summed E-state index contributed by atoms with van der Waals surface area (Å²) in [6, 6.07) is 11.8. The molecule has 3 aromatic rings. The van der Waals surface area contributed by atoms with E-state index in [9.17, 15) is 19.2 Å². The van der Waals surface area contributed by atoms with Gasteiger partial charge in [-0.3, -0.25) is 14.6 Å². The van der Waals surface area contributed by atoms with Crippen molar-refractivity contribution in [1.82, 2.24) is 9.88 Å². The fraction of sp³-hybridized carbons (Fsp3) is 0.360. The van der Waals surface area contributed by atoms with Gasteiger partial charge >= 0.3 is 0 Å². The number of carbonyl (C=O) groups excluding carboxylic acids is 1. The van der Waals surface area contributed by atoms with E-state index in [-0.39, 0.29) is 5.56 Å². The summed E-state index contributed by atoms with van der Waals surface area (Å²) in [7, 11) is -1.74. The molecule has 0 bridgehead atoms. The van der Waals surface area contributed by atoms with Crippen LogP contribution in [-0.2, 0) is 12.1 Å². The van der Waals surface area contributed by atoms with Crippen molar-refractivity contribution in [3.63, 3.8) is 0 Å². The minimum atomic E-state index is -1.74. The highest BCUT2D eigenvalue weighted by atomic mass is 32.1. The van der Waals surface area contributed by atoms with Gasteiger partial charge in [-0.05, 0) is 43.7 Å². The lowest BCUT2D eigenvalue weighted by molar-refractivity contribution is 0.0782. The quantitative estimate of drug-likeness (QED) is 0.346. The zero-order valence-corrected chi connectivity index (χ0v) is 21.8. The molecule has 1 fully saturated rings. The zero-order chi connectivity index (χ0) is 25.4. The topological polar surface area (TPSA) is 112 Å². The molecule has 5 N–H and O–H groups in total. The molecule has 0 radical (unpaired) electrons. The van der Waals surface area contributed by atoms with Crippen molar-refractivity contribution in [2.45, 2.75) is 26.0 Å². The average Bonchev–Trinajstić information content (AvgIpc) is 3.18. The van der Waals surface area contributed by atoms with Crippen LogP contribution in [0.5, 0.6) is 0 Å². The number of nitrogens with one attached hydrogen (secondary N) is 1. The van der Waals surface area contributed by atoms with Gasteiger partial charge in [0.2, 0.25) is 0 Å². The first kappa shape index (κ1) is 25.7. The Morgan fingerprint density at radius 3 is 2.60 bits per heavy atom. The number of hydrogen-bond donors (Lipinski definition) is 4. The number of rotatable bonds is 7. The Labute approximate surface area is 209 Å². The van der Waals surface area contributed by atoms with Crippen molar-refractivity contribution in [3.05, 3.63) is 65.1 Å². The number of halogens is 1. The highest BCUT2D eigenvalue weighted by Crippen LogP contribution is 2.51. The minimum Gasteiger partial charge on any atom is -0.386 e. The number of aromatic nitrogens is 1. The number of primary amides is 1. The molecular formula is C25H31FN4O3PS+. The second-order valence-corrected chi connectivity index (χ2v) is 14.3. The van der Waals surface area contributed by atoms with Crippen molar-refractivity contribution in [1.29, 1.82) is 0 Å². The van der Waals surface area contributed by atoms with E-state index in [0.29, 0.717) is 33.4 Å². The Balaban J connectivity index is 1.55. The zero-order valence-electron chi connectivity index (χ0n) is 20.1. The van der Waals surface area contributed by atoms with Gasteiger partial charge in [-0.25, -0.2) is 9.37 Å². The number of carbonyl (C=O) groups is 1. The molecule has 0 saturated carbocycles. The molecule has 2 aromatic heterocycles. The highest BCUT2D eigenvalue weighted by molar-refractivity contribution is 7.69. The molecule has 1 amide bonds. The number of thiophene rings is 1. The number of aliphatic hydroxyl groups is 1. The van der Waals surface area contributed by atoms with Crippen LogP contribution in [0.1, 0.15) is 35.5 Å². The van der Waals surface area contributed by atoms with Gasteiger partial charge in [-0.15, -0.1) is 11.3 Å².